The number of β-amino-alcohol motifs (C(OH)–C–C–N with tert-alkyl or cyclic N) is 1. The van der Waals surface area contributed by atoms with Gasteiger partial charge in [0.25, 0.3) is 0 Å². The lowest BCUT2D eigenvalue weighted by Gasteiger charge is -2.28. The van der Waals surface area contributed by atoms with E-state index in [0.717, 1.165) is 19.5 Å². The van der Waals surface area contributed by atoms with E-state index in [0.29, 0.717) is 31.3 Å². The molecule has 0 saturated carbocycles. The first-order valence-electron chi connectivity index (χ1n) is 8.27. The highest BCUT2D eigenvalue weighted by atomic mass is 16.3. The number of aromatic nitrogens is 2. The van der Waals surface area contributed by atoms with Gasteiger partial charge < -0.3 is 10.8 Å². The average molecular weight is 327 g/mol. The predicted molar refractivity (Wildman–Crippen MR) is 94.1 cm³/mol. The van der Waals surface area contributed by atoms with Crippen LogP contribution in [0.5, 0.6) is 0 Å². The number of hydrogen-bond donors (Lipinski definition) is 2. The zero-order valence-electron chi connectivity index (χ0n) is 14.1. The van der Waals surface area contributed by atoms with Crippen LogP contribution >= 0.6 is 0 Å². The van der Waals surface area contributed by atoms with Crippen LogP contribution in [-0.2, 0) is 13.1 Å². The van der Waals surface area contributed by atoms with Gasteiger partial charge in [-0.3, -0.25) is 9.80 Å². The minimum absolute atomic E-state index is 0.474. The summed E-state index contributed by atoms with van der Waals surface area (Å²) in [6.45, 7) is 3.64. The van der Waals surface area contributed by atoms with E-state index in [1.165, 1.54) is 5.56 Å². The second-order valence-corrected chi connectivity index (χ2v) is 6.74. The molecule has 0 aliphatic carbocycles. The van der Waals surface area contributed by atoms with Crippen LogP contribution in [0.1, 0.15) is 17.8 Å². The Bertz CT molecular complexity index is 665. The molecule has 128 valence electrons. The normalized spacial score (nSPS) is 21.5. The van der Waals surface area contributed by atoms with E-state index in [1.807, 2.05) is 13.1 Å². The molecule has 1 atom stereocenters. The number of nitrogen functional groups attached to an aromatic ring is 1. The van der Waals surface area contributed by atoms with E-state index in [4.69, 9.17) is 5.73 Å². The minimum atomic E-state index is -0.691. The van der Waals surface area contributed by atoms with Gasteiger partial charge >= 0.3 is 0 Å². The van der Waals surface area contributed by atoms with Crippen LogP contribution in [0.2, 0.25) is 0 Å². The number of benzene rings is 1. The highest BCUT2D eigenvalue weighted by molar-refractivity contribution is 5.25. The number of nitrogens with zero attached hydrogens (tertiary/aromatic N) is 4. The summed E-state index contributed by atoms with van der Waals surface area (Å²) in [4.78, 5) is 12.8. The van der Waals surface area contributed by atoms with Crippen molar-refractivity contribution in [1.82, 2.24) is 19.8 Å². The summed E-state index contributed by atoms with van der Waals surface area (Å²) < 4.78 is 0. The highest BCUT2D eigenvalue weighted by Gasteiger charge is 2.36. The Morgan fingerprint density at radius 2 is 2.08 bits per heavy atom. The van der Waals surface area contributed by atoms with E-state index in [-0.39, 0.29) is 0 Å². The number of likely N-dealkylation sites (N-methyl/N-ethyl adjacent to an activating group) is 1. The maximum atomic E-state index is 10.9. The van der Waals surface area contributed by atoms with Crippen molar-refractivity contribution in [3.63, 3.8) is 0 Å². The van der Waals surface area contributed by atoms with Gasteiger partial charge in [0.2, 0.25) is 0 Å². The van der Waals surface area contributed by atoms with Crippen molar-refractivity contribution < 1.29 is 5.11 Å². The van der Waals surface area contributed by atoms with Gasteiger partial charge in [-0.1, -0.05) is 30.3 Å². The molecule has 6 nitrogen and oxygen atoms in total. The van der Waals surface area contributed by atoms with Gasteiger partial charge in [0.15, 0.2) is 0 Å². The Kier molecular flexibility index (Phi) is 5.08. The van der Waals surface area contributed by atoms with Crippen LogP contribution in [0.4, 0.5) is 5.82 Å². The molecule has 0 radical (unpaired) electrons. The molecule has 6 heteroatoms. The SMILES string of the molecule is CN(Cc1nccc(N)n1)C[C@]1(O)CCN(Cc2ccccc2)C1. The van der Waals surface area contributed by atoms with Crippen LogP contribution in [0.3, 0.4) is 0 Å². The molecule has 3 rings (SSSR count). The molecule has 0 unspecified atom stereocenters. The summed E-state index contributed by atoms with van der Waals surface area (Å²) in [5.74, 6) is 1.15. The van der Waals surface area contributed by atoms with E-state index < -0.39 is 5.60 Å². The van der Waals surface area contributed by atoms with Crippen LogP contribution < -0.4 is 5.73 Å². The molecule has 24 heavy (non-hydrogen) atoms. The summed E-state index contributed by atoms with van der Waals surface area (Å²) in [6.07, 6.45) is 2.44. The van der Waals surface area contributed by atoms with Crippen molar-refractivity contribution in [3.05, 3.63) is 54.0 Å². The largest absolute Gasteiger partial charge is 0.387 e. The predicted octanol–water partition coefficient (Wildman–Crippen LogP) is 1.13. The Hall–Kier alpha value is -2.02. The second kappa shape index (κ2) is 7.25. The van der Waals surface area contributed by atoms with Crippen LogP contribution in [0.25, 0.3) is 0 Å². The third-order valence-electron chi connectivity index (χ3n) is 4.36. The first-order valence-corrected chi connectivity index (χ1v) is 8.27. The van der Waals surface area contributed by atoms with E-state index in [9.17, 15) is 5.11 Å². The van der Waals surface area contributed by atoms with Crippen LogP contribution in [-0.4, -0.2) is 57.2 Å². The molecular formula is C18H25N5O. The summed E-state index contributed by atoms with van der Waals surface area (Å²) in [6, 6.07) is 12.1. The van der Waals surface area contributed by atoms with Crippen molar-refractivity contribution in [1.29, 1.82) is 0 Å². The molecule has 1 aromatic heterocycles. The maximum absolute atomic E-state index is 10.9. The molecule has 3 N–H and O–H groups in total. The number of aliphatic hydroxyl groups is 1. The Labute approximate surface area is 142 Å². The van der Waals surface area contributed by atoms with E-state index >= 15 is 0 Å². The lowest BCUT2D eigenvalue weighted by molar-refractivity contribution is 0.0156. The van der Waals surface area contributed by atoms with E-state index in [2.05, 4.69) is 44.0 Å². The number of nitrogens with two attached hydrogens (primary N) is 1. The first-order chi connectivity index (χ1) is 11.5. The summed E-state index contributed by atoms with van der Waals surface area (Å²) in [7, 11) is 1.98. The number of likely N-dealkylation sites (tertiary alicyclic amines) is 1. The molecule has 1 aliphatic rings. The number of hydrogen-bond acceptors (Lipinski definition) is 6. The molecule has 2 heterocycles. The lowest BCUT2D eigenvalue weighted by Crippen LogP contribution is -2.43. The molecule has 1 aromatic carbocycles. The van der Waals surface area contributed by atoms with Crippen molar-refractivity contribution in [2.24, 2.45) is 0 Å². The van der Waals surface area contributed by atoms with Gasteiger partial charge in [-0.05, 0) is 25.1 Å². The zero-order chi connectivity index (χ0) is 17.0. The summed E-state index contributed by atoms with van der Waals surface area (Å²) >= 11 is 0. The third kappa shape index (κ3) is 4.50. The lowest BCUT2D eigenvalue weighted by atomic mass is 10.0. The number of anilines is 1. The Balaban J connectivity index is 1.53. The molecule has 0 spiro atoms. The smallest absolute Gasteiger partial charge is 0.144 e. The van der Waals surface area contributed by atoms with Crippen molar-refractivity contribution in [2.45, 2.75) is 25.1 Å². The van der Waals surface area contributed by atoms with Crippen LogP contribution in [0.15, 0.2) is 42.6 Å². The molecule has 1 fully saturated rings. The van der Waals surface area contributed by atoms with Gasteiger partial charge in [0.1, 0.15) is 11.6 Å². The fourth-order valence-electron chi connectivity index (χ4n) is 3.34. The molecular weight excluding hydrogens is 302 g/mol. The second-order valence-electron chi connectivity index (χ2n) is 6.74. The van der Waals surface area contributed by atoms with Crippen LogP contribution in [0, 0.1) is 0 Å². The standard InChI is InChI=1S/C18H25N5O/c1-22(12-17-20-9-7-16(19)21-17)13-18(24)8-10-23(14-18)11-15-5-3-2-4-6-15/h2-7,9,24H,8,10-14H2,1H3,(H2,19,20,21)/t18-/m1/s1. The van der Waals surface area contributed by atoms with Gasteiger partial charge in [-0.25, -0.2) is 9.97 Å². The summed E-state index contributed by atoms with van der Waals surface area (Å²) in [5.41, 5.74) is 6.28. The Morgan fingerprint density at radius 1 is 1.29 bits per heavy atom. The topological polar surface area (TPSA) is 78.5 Å². The minimum Gasteiger partial charge on any atom is -0.387 e. The zero-order valence-corrected chi connectivity index (χ0v) is 14.1. The Morgan fingerprint density at radius 3 is 2.83 bits per heavy atom. The van der Waals surface area contributed by atoms with Gasteiger partial charge in [-0.2, -0.15) is 0 Å². The molecule has 0 bridgehead atoms. The fraction of sp³-hybridized carbons (Fsp3) is 0.444. The monoisotopic (exact) mass is 327 g/mol. The molecule has 2 aromatic rings. The number of rotatable bonds is 6. The van der Waals surface area contributed by atoms with Gasteiger partial charge in [0.05, 0.1) is 12.1 Å². The van der Waals surface area contributed by atoms with Crippen molar-refractivity contribution in [2.75, 3.05) is 32.4 Å². The highest BCUT2D eigenvalue weighted by Crippen LogP contribution is 2.24. The molecule has 1 saturated heterocycles. The maximum Gasteiger partial charge on any atom is 0.144 e. The molecule has 0 amide bonds. The quantitative estimate of drug-likeness (QED) is 0.828. The first kappa shape index (κ1) is 16.8. The van der Waals surface area contributed by atoms with Gasteiger partial charge in [-0.15, -0.1) is 0 Å². The van der Waals surface area contributed by atoms with Crippen molar-refractivity contribution >= 4 is 5.82 Å². The van der Waals surface area contributed by atoms with E-state index in [1.54, 1.807) is 12.3 Å². The van der Waals surface area contributed by atoms with Crippen molar-refractivity contribution in [3.8, 4) is 0 Å². The average Bonchev–Trinajstić information content (AvgIpc) is 2.88. The fourth-order valence-corrected chi connectivity index (χ4v) is 3.34. The van der Waals surface area contributed by atoms with Gasteiger partial charge in [0, 0.05) is 32.4 Å². The summed E-state index contributed by atoms with van der Waals surface area (Å²) in [5, 5.41) is 10.9. The molecule has 1 aliphatic heterocycles. The third-order valence-corrected chi connectivity index (χ3v) is 4.36.